The molecule has 2 aromatic rings. The fraction of sp³-hybridized carbons (Fsp3) is 0.429. The van der Waals surface area contributed by atoms with Gasteiger partial charge in [-0.05, 0) is 31.0 Å². The predicted octanol–water partition coefficient (Wildman–Crippen LogP) is 3.04. The second-order valence-corrected chi connectivity index (χ2v) is 5.43. The molecule has 2 rings (SSSR count). The van der Waals surface area contributed by atoms with Crippen molar-refractivity contribution in [3.05, 3.63) is 40.3 Å². The Bertz CT molecular complexity index is 555. The van der Waals surface area contributed by atoms with E-state index in [0.29, 0.717) is 11.1 Å². The molecule has 0 saturated heterocycles. The van der Waals surface area contributed by atoms with Gasteiger partial charge in [-0.2, -0.15) is 5.10 Å². The molecule has 2 heterocycles. The third kappa shape index (κ3) is 3.33. The minimum atomic E-state index is 0.465. The van der Waals surface area contributed by atoms with Crippen LogP contribution in [0, 0.1) is 13.8 Å². The Hall–Kier alpha value is -1.39. The molecule has 0 aliphatic carbocycles. The van der Waals surface area contributed by atoms with E-state index >= 15 is 0 Å². The Morgan fingerprint density at radius 3 is 2.63 bits per heavy atom. The highest BCUT2D eigenvalue weighted by Crippen LogP contribution is 2.18. The van der Waals surface area contributed by atoms with Crippen molar-refractivity contribution >= 4 is 11.6 Å². The number of nitrogens with zero attached hydrogens (tertiary/aromatic N) is 3. The zero-order chi connectivity index (χ0) is 14.0. The summed E-state index contributed by atoms with van der Waals surface area (Å²) in [5, 5.41) is 8.39. The maximum absolute atomic E-state index is 6.03. The van der Waals surface area contributed by atoms with Crippen LogP contribution < -0.4 is 5.32 Å². The number of pyridine rings is 1. The van der Waals surface area contributed by atoms with Crippen LogP contribution in [-0.2, 0) is 6.54 Å². The number of nitrogens with one attached hydrogen (secondary N) is 1. The van der Waals surface area contributed by atoms with E-state index in [4.69, 9.17) is 11.6 Å². The molecule has 0 bridgehead atoms. The number of aryl methyl sites for hydroxylation is 2. The van der Waals surface area contributed by atoms with Crippen LogP contribution >= 0.6 is 11.6 Å². The van der Waals surface area contributed by atoms with Crippen molar-refractivity contribution in [3.63, 3.8) is 0 Å². The zero-order valence-electron chi connectivity index (χ0n) is 11.7. The molecule has 0 saturated carbocycles. The number of hydrogen-bond acceptors (Lipinski definition) is 3. The highest BCUT2D eigenvalue weighted by molar-refractivity contribution is 6.31. The summed E-state index contributed by atoms with van der Waals surface area (Å²) in [6.07, 6.45) is 3.67. The molecule has 0 fully saturated rings. The molecule has 0 aliphatic rings. The van der Waals surface area contributed by atoms with E-state index in [0.717, 1.165) is 23.6 Å². The van der Waals surface area contributed by atoms with E-state index in [1.807, 2.05) is 20.0 Å². The average Bonchev–Trinajstić information content (AvgIpc) is 2.67. The minimum Gasteiger partial charge on any atom is -0.310 e. The Morgan fingerprint density at radius 1 is 1.37 bits per heavy atom. The second-order valence-electron chi connectivity index (χ2n) is 5.03. The lowest BCUT2D eigenvalue weighted by Crippen LogP contribution is -2.22. The van der Waals surface area contributed by atoms with E-state index in [1.54, 1.807) is 10.9 Å². The third-order valence-electron chi connectivity index (χ3n) is 2.88. The first-order valence-corrected chi connectivity index (χ1v) is 6.76. The van der Waals surface area contributed by atoms with Crippen LogP contribution in [0.4, 0.5) is 0 Å². The van der Waals surface area contributed by atoms with Crippen molar-refractivity contribution in [2.45, 2.75) is 40.3 Å². The third-order valence-corrected chi connectivity index (χ3v) is 3.25. The molecule has 0 atom stereocenters. The van der Waals surface area contributed by atoms with Gasteiger partial charge in [-0.25, -0.2) is 9.67 Å². The van der Waals surface area contributed by atoms with Gasteiger partial charge in [-0.1, -0.05) is 25.4 Å². The lowest BCUT2D eigenvalue weighted by Gasteiger charge is -2.10. The lowest BCUT2D eigenvalue weighted by molar-refractivity contribution is 0.587. The standard InChI is InChI=1S/C14H19ClN4/c1-9(2)16-6-12-5-10(3)14(17-7-12)19-8-13(15)11(4)18-19/h5,7-9,16H,6H2,1-4H3. The fourth-order valence-corrected chi connectivity index (χ4v) is 1.96. The fourth-order valence-electron chi connectivity index (χ4n) is 1.83. The monoisotopic (exact) mass is 278 g/mol. The topological polar surface area (TPSA) is 42.7 Å². The van der Waals surface area contributed by atoms with Crippen LogP contribution in [0.1, 0.15) is 30.7 Å². The first-order valence-electron chi connectivity index (χ1n) is 6.38. The summed E-state index contributed by atoms with van der Waals surface area (Å²) in [6.45, 7) is 9.00. The normalized spacial score (nSPS) is 11.3. The maximum Gasteiger partial charge on any atom is 0.156 e. The summed E-state index contributed by atoms with van der Waals surface area (Å²) in [5.41, 5.74) is 3.07. The summed E-state index contributed by atoms with van der Waals surface area (Å²) < 4.78 is 1.73. The molecule has 0 aromatic carbocycles. The van der Waals surface area contributed by atoms with Gasteiger partial charge in [0.2, 0.25) is 0 Å². The molecule has 0 spiro atoms. The second kappa shape index (κ2) is 5.72. The van der Waals surface area contributed by atoms with E-state index in [2.05, 4.69) is 35.3 Å². The van der Waals surface area contributed by atoms with Crippen molar-refractivity contribution < 1.29 is 0 Å². The van der Waals surface area contributed by atoms with Crippen LogP contribution in [0.25, 0.3) is 5.82 Å². The van der Waals surface area contributed by atoms with Gasteiger partial charge in [0, 0.05) is 18.8 Å². The van der Waals surface area contributed by atoms with Gasteiger partial charge in [0.1, 0.15) is 0 Å². The Labute approximate surface area is 118 Å². The summed E-state index contributed by atoms with van der Waals surface area (Å²) in [7, 11) is 0. The van der Waals surface area contributed by atoms with Crippen molar-refractivity contribution in [2.24, 2.45) is 0 Å². The highest BCUT2D eigenvalue weighted by atomic mass is 35.5. The largest absolute Gasteiger partial charge is 0.310 e. The molecule has 2 aromatic heterocycles. The quantitative estimate of drug-likeness (QED) is 0.935. The van der Waals surface area contributed by atoms with Gasteiger partial charge < -0.3 is 5.32 Å². The zero-order valence-corrected chi connectivity index (χ0v) is 12.5. The van der Waals surface area contributed by atoms with Gasteiger partial charge in [0.25, 0.3) is 0 Å². The van der Waals surface area contributed by atoms with Crippen LogP contribution in [0.3, 0.4) is 0 Å². The Kier molecular flexibility index (Phi) is 4.22. The molecule has 4 nitrogen and oxygen atoms in total. The minimum absolute atomic E-state index is 0.465. The van der Waals surface area contributed by atoms with Crippen molar-refractivity contribution in [1.82, 2.24) is 20.1 Å². The van der Waals surface area contributed by atoms with Gasteiger partial charge in [0.05, 0.1) is 16.9 Å². The molecule has 102 valence electrons. The van der Waals surface area contributed by atoms with Crippen LogP contribution in [0.2, 0.25) is 5.02 Å². The molecule has 0 radical (unpaired) electrons. The average molecular weight is 279 g/mol. The van der Waals surface area contributed by atoms with Gasteiger partial charge in [-0.3, -0.25) is 0 Å². The molecular weight excluding hydrogens is 260 g/mol. The maximum atomic E-state index is 6.03. The van der Waals surface area contributed by atoms with E-state index in [-0.39, 0.29) is 0 Å². The predicted molar refractivity (Wildman–Crippen MR) is 77.8 cm³/mol. The van der Waals surface area contributed by atoms with Crippen molar-refractivity contribution in [2.75, 3.05) is 0 Å². The molecule has 0 amide bonds. The van der Waals surface area contributed by atoms with Crippen LogP contribution in [0.5, 0.6) is 0 Å². The summed E-state index contributed by atoms with van der Waals surface area (Å²) >= 11 is 6.03. The summed E-state index contributed by atoms with van der Waals surface area (Å²) in [5.74, 6) is 0.822. The Morgan fingerprint density at radius 2 is 2.11 bits per heavy atom. The number of aromatic nitrogens is 3. The summed E-state index contributed by atoms with van der Waals surface area (Å²) in [6, 6.07) is 2.59. The van der Waals surface area contributed by atoms with E-state index in [1.165, 1.54) is 5.56 Å². The first-order chi connectivity index (χ1) is 8.97. The molecule has 19 heavy (non-hydrogen) atoms. The number of halogens is 1. The van der Waals surface area contributed by atoms with E-state index in [9.17, 15) is 0 Å². The highest BCUT2D eigenvalue weighted by Gasteiger charge is 2.08. The van der Waals surface area contributed by atoms with Gasteiger partial charge in [-0.15, -0.1) is 0 Å². The Balaban J connectivity index is 2.24. The SMILES string of the molecule is Cc1cc(CNC(C)C)cnc1-n1cc(Cl)c(C)n1. The number of hydrogen-bond donors (Lipinski definition) is 1. The summed E-state index contributed by atoms with van der Waals surface area (Å²) in [4.78, 5) is 4.48. The first kappa shape index (κ1) is 14.0. The van der Waals surface area contributed by atoms with Crippen molar-refractivity contribution in [3.8, 4) is 5.82 Å². The molecule has 1 N–H and O–H groups in total. The van der Waals surface area contributed by atoms with Crippen LogP contribution in [-0.4, -0.2) is 20.8 Å². The van der Waals surface area contributed by atoms with Gasteiger partial charge >= 0.3 is 0 Å². The molecular formula is C14H19ClN4. The molecule has 0 unspecified atom stereocenters. The van der Waals surface area contributed by atoms with Crippen LogP contribution in [0.15, 0.2) is 18.5 Å². The smallest absolute Gasteiger partial charge is 0.156 e. The molecule has 5 heteroatoms. The number of rotatable bonds is 4. The molecule has 0 aliphatic heterocycles. The van der Waals surface area contributed by atoms with Crippen molar-refractivity contribution in [1.29, 1.82) is 0 Å². The lowest BCUT2D eigenvalue weighted by atomic mass is 10.2. The van der Waals surface area contributed by atoms with E-state index < -0.39 is 0 Å². The van der Waals surface area contributed by atoms with Gasteiger partial charge in [0.15, 0.2) is 5.82 Å².